The van der Waals surface area contributed by atoms with Crippen LogP contribution in [-0.2, 0) is 4.79 Å². The van der Waals surface area contributed by atoms with Crippen LogP contribution in [0.25, 0.3) is 0 Å². The van der Waals surface area contributed by atoms with Crippen LogP contribution in [0.1, 0.15) is 23.7 Å². The molecule has 0 radical (unpaired) electrons. The summed E-state index contributed by atoms with van der Waals surface area (Å²) in [5.74, 6) is 2.16. The van der Waals surface area contributed by atoms with Gasteiger partial charge in [0.25, 0.3) is 5.91 Å². The Bertz CT molecular complexity index is 1100. The van der Waals surface area contributed by atoms with Crippen molar-refractivity contribution in [2.45, 2.75) is 19.3 Å². The monoisotopic (exact) mass is 447 g/mol. The fraction of sp³-hybridized carbons (Fsp3) is 0.308. The second-order valence-corrected chi connectivity index (χ2v) is 8.04. The summed E-state index contributed by atoms with van der Waals surface area (Å²) in [7, 11) is 3.24. The average molecular weight is 448 g/mol. The van der Waals surface area contributed by atoms with E-state index in [1.807, 2.05) is 60.4 Å². The van der Waals surface area contributed by atoms with Gasteiger partial charge in [-0.25, -0.2) is 0 Å². The Morgan fingerprint density at radius 1 is 1.03 bits per heavy atom. The molecule has 4 rings (SSSR count). The Hall–Kier alpha value is -3.74. The highest BCUT2D eigenvalue weighted by atomic mass is 16.5. The van der Waals surface area contributed by atoms with E-state index in [-0.39, 0.29) is 18.4 Å². The van der Waals surface area contributed by atoms with E-state index in [1.165, 1.54) is 0 Å². The van der Waals surface area contributed by atoms with E-state index >= 15 is 0 Å². The predicted molar refractivity (Wildman–Crippen MR) is 128 cm³/mol. The molecular formula is C26H29N3O4. The number of rotatable bonds is 8. The summed E-state index contributed by atoms with van der Waals surface area (Å²) in [5, 5.41) is 3.44. The highest BCUT2D eigenvalue weighted by Gasteiger charge is 2.29. The maximum Gasteiger partial charge on any atom is 0.260 e. The molecule has 0 unspecified atom stereocenters. The first kappa shape index (κ1) is 22.5. The predicted octanol–water partition coefficient (Wildman–Crippen LogP) is 4.55. The van der Waals surface area contributed by atoms with Gasteiger partial charge in [0.1, 0.15) is 5.75 Å². The standard InChI is InChI=1S/C26H29N3O4/c1-18-14-21(28-20-8-10-22(31-2)11-9-20)15-23(27-18)19-12-13-29(16-19)26(30)17-33-25-7-5-4-6-24(25)32-3/h4-11,14-15,19H,12-13,16-17H2,1-3H3,(H,27,28)/t19-/m1/s1. The molecule has 172 valence electrons. The summed E-state index contributed by atoms with van der Waals surface area (Å²) in [5.41, 5.74) is 3.88. The van der Waals surface area contributed by atoms with Crippen molar-refractivity contribution < 1.29 is 19.0 Å². The van der Waals surface area contributed by atoms with E-state index in [0.29, 0.717) is 24.6 Å². The van der Waals surface area contributed by atoms with Gasteiger partial charge >= 0.3 is 0 Å². The minimum absolute atomic E-state index is 0.0153. The number of aryl methyl sites for hydroxylation is 1. The molecule has 0 bridgehead atoms. The van der Waals surface area contributed by atoms with Crippen molar-refractivity contribution in [1.29, 1.82) is 0 Å². The van der Waals surface area contributed by atoms with E-state index in [4.69, 9.17) is 19.2 Å². The maximum atomic E-state index is 12.7. The lowest BCUT2D eigenvalue weighted by molar-refractivity contribution is -0.132. The van der Waals surface area contributed by atoms with Crippen molar-refractivity contribution in [3.05, 3.63) is 72.1 Å². The zero-order chi connectivity index (χ0) is 23.2. The number of ether oxygens (including phenoxy) is 3. The number of carbonyl (C=O) groups excluding carboxylic acids is 1. The molecule has 1 aliphatic heterocycles. The second kappa shape index (κ2) is 10.3. The van der Waals surface area contributed by atoms with Gasteiger partial charge in [-0.2, -0.15) is 0 Å². The fourth-order valence-electron chi connectivity index (χ4n) is 4.01. The molecule has 3 aromatic rings. The van der Waals surface area contributed by atoms with Crippen molar-refractivity contribution in [3.63, 3.8) is 0 Å². The number of nitrogens with zero attached hydrogens (tertiary/aromatic N) is 2. The largest absolute Gasteiger partial charge is 0.497 e. The van der Waals surface area contributed by atoms with Gasteiger partial charge in [-0.15, -0.1) is 0 Å². The number of benzene rings is 2. The van der Waals surface area contributed by atoms with Crippen molar-refractivity contribution >= 4 is 17.3 Å². The molecule has 1 aliphatic rings. The number of pyridine rings is 1. The first-order valence-corrected chi connectivity index (χ1v) is 11.0. The van der Waals surface area contributed by atoms with Gasteiger partial charge in [0.2, 0.25) is 0 Å². The second-order valence-electron chi connectivity index (χ2n) is 8.04. The van der Waals surface area contributed by atoms with Gasteiger partial charge in [-0.1, -0.05) is 12.1 Å². The zero-order valence-corrected chi connectivity index (χ0v) is 19.2. The highest BCUT2D eigenvalue weighted by molar-refractivity contribution is 5.78. The first-order chi connectivity index (χ1) is 16.1. The number of likely N-dealkylation sites (tertiary alicyclic amines) is 1. The number of hydrogen-bond donors (Lipinski definition) is 1. The van der Waals surface area contributed by atoms with Crippen LogP contribution in [-0.4, -0.2) is 49.7 Å². The van der Waals surface area contributed by atoms with E-state index < -0.39 is 0 Å². The molecule has 1 aromatic heterocycles. The Labute approximate surface area is 194 Å². The molecule has 1 N–H and O–H groups in total. The molecule has 0 saturated carbocycles. The number of nitrogens with one attached hydrogen (secondary N) is 1. The van der Waals surface area contributed by atoms with Gasteiger partial charge in [0.05, 0.1) is 14.2 Å². The molecule has 1 saturated heterocycles. The third-order valence-corrected chi connectivity index (χ3v) is 5.73. The summed E-state index contributed by atoms with van der Waals surface area (Å²) in [6.07, 6.45) is 0.874. The lowest BCUT2D eigenvalue weighted by Crippen LogP contribution is -2.33. The lowest BCUT2D eigenvalue weighted by atomic mass is 10.0. The minimum atomic E-state index is -0.0346. The molecule has 0 aliphatic carbocycles. The molecule has 7 nitrogen and oxygen atoms in total. The number of aromatic nitrogens is 1. The average Bonchev–Trinajstić information content (AvgIpc) is 3.33. The van der Waals surface area contributed by atoms with Crippen molar-refractivity contribution in [2.24, 2.45) is 0 Å². The first-order valence-electron chi connectivity index (χ1n) is 11.0. The van der Waals surface area contributed by atoms with Gasteiger partial charge < -0.3 is 24.4 Å². The summed E-state index contributed by atoms with van der Waals surface area (Å²) in [4.78, 5) is 19.3. The van der Waals surface area contributed by atoms with Crippen LogP contribution in [0.5, 0.6) is 17.2 Å². The van der Waals surface area contributed by atoms with Gasteiger partial charge in [-0.3, -0.25) is 9.78 Å². The number of para-hydroxylation sites is 2. The van der Waals surface area contributed by atoms with E-state index in [1.54, 1.807) is 20.3 Å². The Balaban J connectivity index is 1.38. The number of carbonyl (C=O) groups is 1. The molecule has 2 aromatic carbocycles. The van der Waals surface area contributed by atoms with Crippen LogP contribution in [0, 0.1) is 6.92 Å². The number of hydrogen-bond acceptors (Lipinski definition) is 6. The summed E-state index contributed by atoms with van der Waals surface area (Å²) in [6.45, 7) is 3.29. The smallest absolute Gasteiger partial charge is 0.260 e. The molecule has 7 heteroatoms. The fourth-order valence-corrected chi connectivity index (χ4v) is 4.01. The molecule has 1 amide bonds. The number of methoxy groups -OCH3 is 2. The quantitative estimate of drug-likeness (QED) is 0.546. The number of amides is 1. The normalized spacial score (nSPS) is 15.2. The van der Waals surface area contributed by atoms with Crippen molar-refractivity contribution in [2.75, 3.05) is 39.2 Å². The van der Waals surface area contributed by atoms with Crippen LogP contribution in [0.3, 0.4) is 0 Å². The van der Waals surface area contributed by atoms with Gasteiger partial charge in [0, 0.05) is 41.8 Å². The molecule has 0 spiro atoms. The SMILES string of the molecule is COc1ccc(Nc2cc(C)nc([C@@H]3CCN(C(=O)COc4ccccc4OC)C3)c2)cc1. The van der Waals surface area contributed by atoms with Crippen molar-refractivity contribution in [3.8, 4) is 17.2 Å². The van der Waals surface area contributed by atoms with Crippen LogP contribution in [0.2, 0.25) is 0 Å². The Morgan fingerprint density at radius 2 is 1.79 bits per heavy atom. The van der Waals surface area contributed by atoms with E-state index in [0.717, 1.165) is 34.9 Å². The maximum absolute atomic E-state index is 12.7. The third kappa shape index (κ3) is 5.55. The van der Waals surface area contributed by atoms with Crippen LogP contribution in [0.15, 0.2) is 60.7 Å². The topological polar surface area (TPSA) is 72.9 Å². The van der Waals surface area contributed by atoms with E-state index in [2.05, 4.69) is 11.4 Å². The third-order valence-electron chi connectivity index (χ3n) is 5.73. The van der Waals surface area contributed by atoms with Crippen molar-refractivity contribution in [1.82, 2.24) is 9.88 Å². The van der Waals surface area contributed by atoms with Crippen LogP contribution in [0.4, 0.5) is 11.4 Å². The summed E-state index contributed by atoms with van der Waals surface area (Å²) < 4.78 is 16.2. The number of anilines is 2. The lowest BCUT2D eigenvalue weighted by Gasteiger charge is -2.18. The molecule has 33 heavy (non-hydrogen) atoms. The summed E-state index contributed by atoms with van der Waals surface area (Å²) in [6, 6.07) is 19.2. The molecule has 1 atom stereocenters. The minimum Gasteiger partial charge on any atom is -0.497 e. The zero-order valence-electron chi connectivity index (χ0n) is 19.2. The molecule has 2 heterocycles. The molecular weight excluding hydrogens is 418 g/mol. The van der Waals surface area contributed by atoms with Crippen LogP contribution >= 0.6 is 0 Å². The van der Waals surface area contributed by atoms with Gasteiger partial charge in [-0.05, 0) is 61.9 Å². The highest BCUT2D eigenvalue weighted by Crippen LogP contribution is 2.30. The van der Waals surface area contributed by atoms with Crippen LogP contribution < -0.4 is 19.5 Å². The Kier molecular flexibility index (Phi) is 6.98. The summed E-state index contributed by atoms with van der Waals surface area (Å²) >= 11 is 0. The van der Waals surface area contributed by atoms with E-state index in [9.17, 15) is 4.79 Å². The Morgan fingerprint density at radius 3 is 2.52 bits per heavy atom. The molecule has 1 fully saturated rings. The van der Waals surface area contributed by atoms with Gasteiger partial charge in [0.15, 0.2) is 18.1 Å².